The van der Waals surface area contributed by atoms with Crippen molar-refractivity contribution in [3.63, 3.8) is 0 Å². The molecule has 21 heavy (non-hydrogen) atoms. The number of fused-ring (bicyclic) bond motifs is 1. The zero-order valence-corrected chi connectivity index (χ0v) is 13.3. The Morgan fingerprint density at radius 3 is 2.76 bits per heavy atom. The number of aryl methyl sites for hydroxylation is 3. The average molecular weight is 296 g/mol. The van der Waals surface area contributed by atoms with E-state index in [0.717, 1.165) is 30.2 Å². The maximum atomic E-state index is 5.64. The summed E-state index contributed by atoms with van der Waals surface area (Å²) in [6.07, 6.45) is 2.28. The second-order valence-electron chi connectivity index (χ2n) is 5.63. The maximum Gasteiger partial charge on any atom is 0.177 e. The van der Waals surface area contributed by atoms with E-state index in [1.165, 1.54) is 22.4 Å². The first-order chi connectivity index (χ1) is 10.1. The molecule has 2 aromatic rings. The molecule has 108 valence electrons. The van der Waals surface area contributed by atoms with E-state index in [1.807, 2.05) is 12.1 Å². The normalized spacial score (nSPS) is 13.7. The average Bonchev–Trinajstić information content (AvgIpc) is 2.48. The molecular weight excluding hydrogens is 276 g/mol. The fourth-order valence-corrected chi connectivity index (χ4v) is 3.13. The molecule has 1 heterocycles. The van der Waals surface area contributed by atoms with Crippen molar-refractivity contribution in [3.8, 4) is 0 Å². The van der Waals surface area contributed by atoms with Gasteiger partial charge in [0.2, 0.25) is 0 Å². The highest BCUT2D eigenvalue weighted by atomic mass is 32.1. The zero-order chi connectivity index (χ0) is 14.8. The molecule has 0 spiro atoms. The van der Waals surface area contributed by atoms with Gasteiger partial charge in [0.15, 0.2) is 5.11 Å². The number of rotatable bonds is 1. The van der Waals surface area contributed by atoms with Gasteiger partial charge < -0.3 is 10.2 Å². The Morgan fingerprint density at radius 1 is 1.14 bits per heavy atom. The van der Waals surface area contributed by atoms with E-state index >= 15 is 0 Å². The summed E-state index contributed by atoms with van der Waals surface area (Å²) < 4.78 is 0. The predicted octanol–water partition coefficient (Wildman–Crippen LogP) is 4.45. The van der Waals surface area contributed by atoms with Gasteiger partial charge in [-0.1, -0.05) is 35.9 Å². The number of thiocarbonyl (C=S) groups is 1. The molecule has 0 saturated carbocycles. The number of hydrogen-bond acceptors (Lipinski definition) is 1. The molecule has 0 radical (unpaired) electrons. The Labute approximate surface area is 131 Å². The number of para-hydroxylation sites is 1. The van der Waals surface area contributed by atoms with E-state index in [4.69, 9.17) is 12.2 Å². The molecule has 0 fully saturated rings. The van der Waals surface area contributed by atoms with Crippen LogP contribution in [0, 0.1) is 13.8 Å². The predicted molar refractivity (Wildman–Crippen MR) is 94.2 cm³/mol. The van der Waals surface area contributed by atoms with Crippen LogP contribution >= 0.6 is 12.2 Å². The summed E-state index contributed by atoms with van der Waals surface area (Å²) >= 11 is 5.64. The summed E-state index contributed by atoms with van der Waals surface area (Å²) in [4.78, 5) is 2.22. The van der Waals surface area contributed by atoms with Crippen LogP contribution in [0.1, 0.15) is 23.1 Å². The van der Waals surface area contributed by atoms with Crippen molar-refractivity contribution in [1.82, 2.24) is 0 Å². The molecule has 0 unspecified atom stereocenters. The number of nitrogens with one attached hydrogen (secondary N) is 1. The summed E-state index contributed by atoms with van der Waals surface area (Å²) in [6.45, 7) is 5.22. The van der Waals surface area contributed by atoms with Gasteiger partial charge in [-0.3, -0.25) is 0 Å². The summed E-state index contributed by atoms with van der Waals surface area (Å²) in [7, 11) is 0. The largest absolute Gasteiger partial charge is 0.332 e. The highest BCUT2D eigenvalue weighted by Crippen LogP contribution is 2.28. The fraction of sp³-hybridized carbons (Fsp3) is 0.278. The third kappa shape index (κ3) is 2.93. The lowest BCUT2D eigenvalue weighted by Crippen LogP contribution is -2.38. The first-order valence-corrected chi connectivity index (χ1v) is 7.79. The first-order valence-electron chi connectivity index (χ1n) is 7.39. The van der Waals surface area contributed by atoms with E-state index in [2.05, 4.69) is 54.4 Å². The Balaban J connectivity index is 1.85. The van der Waals surface area contributed by atoms with Crippen molar-refractivity contribution in [3.05, 3.63) is 59.2 Å². The lowest BCUT2D eigenvalue weighted by molar-refractivity contribution is 0.780. The molecule has 0 bridgehead atoms. The van der Waals surface area contributed by atoms with E-state index in [0.29, 0.717) is 0 Å². The van der Waals surface area contributed by atoms with Crippen molar-refractivity contribution < 1.29 is 0 Å². The highest BCUT2D eigenvalue weighted by molar-refractivity contribution is 7.80. The lowest BCUT2D eigenvalue weighted by Gasteiger charge is -2.32. The van der Waals surface area contributed by atoms with Gasteiger partial charge in [0.25, 0.3) is 0 Å². The lowest BCUT2D eigenvalue weighted by atomic mass is 10.00. The third-order valence-electron chi connectivity index (χ3n) is 3.99. The van der Waals surface area contributed by atoms with Crippen molar-refractivity contribution in [1.29, 1.82) is 0 Å². The van der Waals surface area contributed by atoms with E-state index in [-0.39, 0.29) is 0 Å². The molecule has 0 saturated heterocycles. The number of benzene rings is 2. The molecule has 1 aliphatic rings. The van der Waals surface area contributed by atoms with Crippen LogP contribution in [0.5, 0.6) is 0 Å². The summed E-state index contributed by atoms with van der Waals surface area (Å²) in [5.41, 5.74) is 6.25. The van der Waals surface area contributed by atoms with Crippen LogP contribution in [0.2, 0.25) is 0 Å². The van der Waals surface area contributed by atoms with Gasteiger partial charge in [-0.2, -0.15) is 0 Å². The van der Waals surface area contributed by atoms with E-state index in [9.17, 15) is 0 Å². The molecule has 1 N–H and O–H groups in total. The SMILES string of the molecule is Cc1ccc2c(c1)CCCN2C(=S)Nc1ccccc1C. The second-order valence-corrected chi connectivity index (χ2v) is 6.02. The van der Waals surface area contributed by atoms with Gasteiger partial charge in [-0.25, -0.2) is 0 Å². The van der Waals surface area contributed by atoms with Crippen molar-refractivity contribution in [2.45, 2.75) is 26.7 Å². The smallest absolute Gasteiger partial charge is 0.177 e. The highest BCUT2D eigenvalue weighted by Gasteiger charge is 2.20. The van der Waals surface area contributed by atoms with Crippen molar-refractivity contribution >= 4 is 28.7 Å². The van der Waals surface area contributed by atoms with E-state index < -0.39 is 0 Å². The molecule has 2 nitrogen and oxygen atoms in total. The number of hydrogen-bond donors (Lipinski definition) is 1. The molecule has 3 rings (SSSR count). The maximum absolute atomic E-state index is 5.64. The van der Waals surface area contributed by atoms with Crippen LogP contribution < -0.4 is 10.2 Å². The minimum Gasteiger partial charge on any atom is -0.332 e. The van der Waals surface area contributed by atoms with Gasteiger partial charge >= 0.3 is 0 Å². The molecule has 3 heteroatoms. The molecular formula is C18H20N2S. The van der Waals surface area contributed by atoms with Crippen molar-refractivity contribution in [2.24, 2.45) is 0 Å². The topological polar surface area (TPSA) is 15.3 Å². The summed E-state index contributed by atoms with van der Waals surface area (Å²) in [5, 5.41) is 4.18. The van der Waals surface area contributed by atoms with Crippen molar-refractivity contribution in [2.75, 3.05) is 16.8 Å². The molecule has 0 atom stereocenters. The molecule has 0 amide bonds. The third-order valence-corrected chi connectivity index (χ3v) is 4.31. The summed E-state index contributed by atoms with van der Waals surface area (Å²) in [5.74, 6) is 0. The van der Waals surface area contributed by atoms with Crippen LogP contribution in [0.3, 0.4) is 0 Å². The molecule has 0 aliphatic carbocycles. The number of anilines is 2. The Bertz CT molecular complexity index is 679. The van der Waals surface area contributed by atoms with Crippen LogP contribution in [-0.4, -0.2) is 11.7 Å². The van der Waals surface area contributed by atoms with Crippen LogP contribution in [0.25, 0.3) is 0 Å². The zero-order valence-electron chi connectivity index (χ0n) is 12.5. The van der Waals surface area contributed by atoms with Crippen LogP contribution in [0.15, 0.2) is 42.5 Å². The van der Waals surface area contributed by atoms with Gasteiger partial charge in [0.05, 0.1) is 0 Å². The van der Waals surface area contributed by atoms with Gasteiger partial charge in [0, 0.05) is 17.9 Å². The Hall–Kier alpha value is -1.87. The standard InChI is InChI=1S/C18H20N2S/c1-13-9-10-17-15(12-13)7-5-11-20(17)18(21)19-16-8-4-3-6-14(16)2/h3-4,6,8-10,12H,5,7,11H2,1-2H3,(H,19,21). The Morgan fingerprint density at radius 2 is 1.95 bits per heavy atom. The minimum atomic E-state index is 0.786. The minimum absolute atomic E-state index is 0.786. The first kappa shape index (κ1) is 14.1. The fourth-order valence-electron chi connectivity index (χ4n) is 2.83. The molecule has 1 aliphatic heterocycles. The molecule has 2 aromatic carbocycles. The van der Waals surface area contributed by atoms with Gasteiger partial charge in [-0.15, -0.1) is 0 Å². The van der Waals surface area contributed by atoms with Gasteiger partial charge in [-0.05, 0) is 62.2 Å². The van der Waals surface area contributed by atoms with Crippen LogP contribution in [0.4, 0.5) is 11.4 Å². The van der Waals surface area contributed by atoms with Gasteiger partial charge in [0.1, 0.15) is 0 Å². The van der Waals surface area contributed by atoms with E-state index in [1.54, 1.807) is 0 Å². The monoisotopic (exact) mass is 296 g/mol. The quantitative estimate of drug-likeness (QED) is 0.783. The molecule has 0 aromatic heterocycles. The second kappa shape index (κ2) is 5.86. The van der Waals surface area contributed by atoms with Crippen LogP contribution in [-0.2, 0) is 6.42 Å². The number of nitrogens with zero attached hydrogens (tertiary/aromatic N) is 1. The Kier molecular flexibility index (Phi) is 3.93. The summed E-state index contributed by atoms with van der Waals surface area (Å²) in [6, 6.07) is 14.9.